The Balaban J connectivity index is 3.05. The second-order valence-corrected chi connectivity index (χ2v) is 3.54. The number of hydrogen-bond donors (Lipinski definition) is 1. The molecule has 0 atom stereocenters. The average Bonchev–Trinajstić information content (AvgIpc) is 2.07. The van der Waals surface area contributed by atoms with Crippen molar-refractivity contribution in [1.29, 1.82) is 0 Å². The molecule has 0 fully saturated rings. The molecule has 1 aromatic rings. The number of nitrogens with zero attached hydrogens (tertiary/aromatic N) is 1. The summed E-state index contributed by atoms with van der Waals surface area (Å²) in [5, 5.41) is 0.424. The van der Waals surface area contributed by atoms with Gasteiger partial charge in [0.1, 0.15) is 5.15 Å². The zero-order chi connectivity index (χ0) is 8.97. The van der Waals surface area contributed by atoms with Crippen LogP contribution in [0.3, 0.4) is 0 Å². The third-order valence-corrected chi connectivity index (χ3v) is 2.00. The molecule has 0 saturated carbocycles. The molecule has 1 aromatic heterocycles. The third-order valence-electron chi connectivity index (χ3n) is 1.11. The van der Waals surface area contributed by atoms with Gasteiger partial charge in [0.15, 0.2) is 0 Å². The molecule has 0 aromatic carbocycles. The van der Waals surface area contributed by atoms with Crippen molar-refractivity contribution in [2.75, 3.05) is 5.75 Å². The molecular weight excluding hydrogens is 258 g/mol. The fraction of sp³-hybridized carbons (Fsp3) is 0.125. The molecule has 4 heteroatoms. The summed E-state index contributed by atoms with van der Waals surface area (Å²) < 4.78 is 0.871. The molecule has 0 aliphatic rings. The lowest BCUT2D eigenvalue weighted by atomic mass is 10.3. The van der Waals surface area contributed by atoms with E-state index in [1.165, 1.54) is 0 Å². The Bertz CT molecular complexity index is 343. The topological polar surface area (TPSA) is 12.9 Å². The van der Waals surface area contributed by atoms with Gasteiger partial charge >= 0.3 is 0 Å². The molecular formula is C8H5BrClNS. The van der Waals surface area contributed by atoms with Crippen LogP contribution in [0.1, 0.15) is 5.56 Å². The van der Waals surface area contributed by atoms with E-state index in [0.717, 1.165) is 10.0 Å². The Morgan fingerprint density at radius 1 is 1.67 bits per heavy atom. The van der Waals surface area contributed by atoms with Gasteiger partial charge in [0.25, 0.3) is 0 Å². The van der Waals surface area contributed by atoms with Gasteiger partial charge in [-0.1, -0.05) is 23.4 Å². The average molecular weight is 263 g/mol. The van der Waals surface area contributed by atoms with E-state index in [1.54, 1.807) is 6.20 Å². The van der Waals surface area contributed by atoms with Crippen molar-refractivity contribution in [2.45, 2.75) is 0 Å². The van der Waals surface area contributed by atoms with Gasteiger partial charge in [-0.25, -0.2) is 4.98 Å². The highest BCUT2D eigenvalue weighted by atomic mass is 79.9. The molecule has 0 unspecified atom stereocenters. The molecule has 62 valence electrons. The summed E-state index contributed by atoms with van der Waals surface area (Å²) in [6.45, 7) is 0. The molecule has 1 rings (SSSR count). The zero-order valence-electron chi connectivity index (χ0n) is 6.01. The Morgan fingerprint density at radius 3 is 3.08 bits per heavy atom. The minimum atomic E-state index is 0.424. The van der Waals surface area contributed by atoms with Crippen molar-refractivity contribution >= 4 is 40.2 Å². The SMILES string of the molecule is SCC#Cc1cc(Br)cnc1Cl. The van der Waals surface area contributed by atoms with E-state index in [2.05, 4.69) is 45.4 Å². The number of aromatic nitrogens is 1. The second-order valence-electron chi connectivity index (χ2n) is 1.95. The third kappa shape index (κ3) is 2.71. The predicted molar refractivity (Wildman–Crippen MR) is 57.7 cm³/mol. The van der Waals surface area contributed by atoms with Crippen molar-refractivity contribution in [3.8, 4) is 11.8 Å². The van der Waals surface area contributed by atoms with Gasteiger partial charge in [-0.3, -0.25) is 0 Å². The smallest absolute Gasteiger partial charge is 0.144 e. The number of thiol groups is 1. The summed E-state index contributed by atoms with van der Waals surface area (Å²) in [4.78, 5) is 3.92. The minimum Gasteiger partial charge on any atom is -0.242 e. The first-order chi connectivity index (χ1) is 5.74. The molecule has 1 nitrogen and oxygen atoms in total. The first kappa shape index (κ1) is 9.91. The minimum absolute atomic E-state index is 0.424. The predicted octanol–water partition coefficient (Wildman–Crippen LogP) is 2.78. The molecule has 0 spiro atoms. The highest BCUT2D eigenvalue weighted by molar-refractivity contribution is 9.10. The summed E-state index contributed by atoms with van der Waals surface area (Å²) in [5.74, 6) is 6.17. The van der Waals surface area contributed by atoms with E-state index in [-0.39, 0.29) is 0 Å². The van der Waals surface area contributed by atoms with Crippen LogP contribution in [0.2, 0.25) is 5.15 Å². The highest BCUT2D eigenvalue weighted by Crippen LogP contribution is 2.16. The normalized spacial score (nSPS) is 8.92. The van der Waals surface area contributed by atoms with Crippen molar-refractivity contribution in [2.24, 2.45) is 0 Å². The quantitative estimate of drug-likeness (QED) is 0.431. The molecule has 0 saturated heterocycles. The van der Waals surface area contributed by atoms with Crippen LogP contribution in [-0.4, -0.2) is 10.7 Å². The van der Waals surface area contributed by atoms with Crippen LogP contribution in [-0.2, 0) is 0 Å². The van der Waals surface area contributed by atoms with E-state index in [1.807, 2.05) is 6.07 Å². The summed E-state index contributed by atoms with van der Waals surface area (Å²) in [5.41, 5.74) is 0.722. The van der Waals surface area contributed by atoms with Crippen LogP contribution in [0.5, 0.6) is 0 Å². The van der Waals surface area contributed by atoms with E-state index in [4.69, 9.17) is 11.6 Å². The van der Waals surface area contributed by atoms with Gasteiger partial charge < -0.3 is 0 Å². The first-order valence-electron chi connectivity index (χ1n) is 3.15. The van der Waals surface area contributed by atoms with Crippen LogP contribution in [0.4, 0.5) is 0 Å². The fourth-order valence-electron chi connectivity index (χ4n) is 0.645. The summed E-state index contributed by atoms with van der Waals surface area (Å²) in [7, 11) is 0. The molecule has 0 radical (unpaired) electrons. The molecule has 0 amide bonds. The maximum absolute atomic E-state index is 5.77. The molecule has 1 heterocycles. The van der Waals surface area contributed by atoms with Crippen molar-refractivity contribution in [3.05, 3.63) is 27.5 Å². The molecule has 0 bridgehead atoms. The van der Waals surface area contributed by atoms with Crippen molar-refractivity contribution in [1.82, 2.24) is 4.98 Å². The van der Waals surface area contributed by atoms with Gasteiger partial charge in [-0.2, -0.15) is 12.6 Å². The van der Waals surface area contributed by atoms with E-state index in [0.29, 0.717) is 10.9 Å². The van der Waals surface area contributed by atoms with Crippen molar-refractivity contribution in [3.63, 3.8) is 0 Å². The summed E-state index contributed by atoms with van der Waals surface area (Å²) in [6.07, 6.45) is 1.63. The Morgan fingerprint density at radius 2 is 2.42 bits per heavy atom. The number of pyridine rings is 1. The number of hydrogen-bond acceptors (Lipinski definition) is 2. The van der Waals surface area contributed by atoms with Crippen molar-refractivity contribution < 1.29 is 0 Å². The van der Waals surface area contributed by atoms with Gasteiger partial charge in [0.2, 0.25) is 0 Å². The summed E-state index contributed by atoms with van der Waals surface area (Å²) in [6, 6.07) is 1.83. The van der Waals surface area contributed by atoms with Crippen LogP contribution < -0.4 is 0 Å². The molecule has 12 heavy (non-hydrogen) atoms. The van der Waals surface area contributed by atoms with Gasteiger partial charge in [-0.15, -0.1) is 0 Å². The van der Waals surface area contributed by atoms with E-state index >= 15 is 0 Å². The largest absolute Gasteiger partial charge is 0.242 e. The molecule has 0 aliphatic carbocycles. The Kier molecular flexibility index (Phi) is 3.93. The van der Waals surface area contributed by atoms with Crippen LogP contribution in [0, 0.1) is 11.8 Å². The van der Waals surface area contributed by atoms with Crippen LogP contribution in [0.15, 0.2) is 16.7 Å². The molecule has 0 N–H and O–H groups in total. The first-order valence-corrected chi connectivity index (χ1v) is 4.95. The van der Waals surface area contributed by atoms with Crippen LogP contribution in [0.25, 0.3) is 0 Å². The lowest BCUT2D eigenvalue weighted by Crippen LogP contribution is -1.82. The highest BCUT2D eigenvalue weighted by Gasteiger charge is 1.97. The Labute approximate surface area is 90.1 Å². The lowest BCUT2D eigenvalue weighted by molar-refractivity contribution is 1.29. The maximum Gasteiger partial charge on any atom is 0.144 e. The lowest BCUT2D eigenvalue weighted by Gasteiger charge is -1.94. The van der Waals surface area contributed by atoms with Gasteiger partial charge in [0, 0.05) is 10.7 Å². The zero-order valence-corrected chi connectivity index (χ0v) is 9.25. The maximum atomic E-state index is 5.77. The number of halogens is 2. The number of rotatable bonds is 0. The second kappa shape index (κ2) is 4.76. The Hall–Kier alpha value is -0.170. The fourth-order valence-corrected chi connectivity index (χ4v) is 1.21. The van der Waals surface area contributed by atoms with Crippen LogP contribution >= 0.6 is 40.2 Å². The van der Waals surface area contributed by atoms with Gasteiger partial charge in [-0.05, 0) is 22.0 Å². The monoisotopic (exact) mass is 261 g/mol. The van der Waals surface area contributed by atoms with Gasteiger partial charge in [0.05, 0.1) is 11.3 Å². The molecule has 0 aliphatic heterocycles. The standard InChI is InChI=1S/C8H5BrClNS/c9-7-4-6(2-1-3-12)8(10)11-5-7/h4-5,12H,3H2. The summed E-state index contributed by atoms with van der Waals surface area (Å²) >= 11 is 13.0. The van der Waals surface area contributed by atoms with E-state index < -0.39 is 0 Å². The van der Waals surface area contributed by atoms with E-state index in [9.17, 15) is 0 Å².